The molecule has 2 unspecified atom stereocenters. The Morgan fingerprint density at radius 3 is 1.84 bits per heavy atom. The normalized spacial score (nSPS) is 16.0. The third-order valence-electron chi connectivity index (χ3n) is 2.78. The summed E-state index contributed by atoms with van der Waals surface area (Å²) in [6.07, 6.45) is -6.47. The highest BCUT2D eigenvalue weighted by atomic mass is 19.4. The van der Waals surface area contributed by atoms with Gasteiger partial charge in [-0.05, 0) is 30.0 Å². The lowest BCUT2D eigenvalue weighted by atomic mass is 9.87. The van der Waals surface area contributed by atoms with Crippen LogP contribution in [0.3, 0.4) is 0 Å². The van der Waals surface area contributed by atoms with E-state index in [1.165, 1.54) is 6.92 Å². The molecule has 0 saturated heterocycles. The molecular formula is C14H20F3NO. The molecule has 1 aromatic carbocycles. The average Bonchev–Trinajstić information content (AvgIpc) is 2.23. The Labute approximate surface area is 111 Å². The van der Waals surface area contributed by atoms with Crippen LogP contribution < -0.4 is 10.5 Å². The zero-order valence-corrected chi connectivity index (χ0v) is 11.6. The summed E-state index contributed by atoms with van der Waals surface area (Å²) in [6, 6.07) is 5.50. The van der Waals surface area contributed by atoms with Crippen molar-refractivity contribution < 1.29 is 17.9 Å². The van der Waals surface area contributed by atoms with Crippen molar-refractivity contribution in [1.82, 2.24) is 0 Å². The van der Waals surface area contributed by atoms with Gasteiger partial charge in [-0.25, -0.2) is 0 Å². The van der Waals surface area contributed by atoms with Crippen LogP contribution in [-0.4, -0.2) is 18.3 Å². The lowest BCUT2D eigenvalue weighted by molar-refractivity contribution is -0.199. The third-order valence-corrected chi connectivity index (χ3v) is 2.78. The topological polar surface area (TPSA) is 35.2 Å². The largest absolute Gasteiger partial charge is 0.479 e. The second kappa shape index (κ2) is 5.41. The molecule has 0 aromatic heterocycles. The number of hydrogen-bond donors (Lipinski definition) is 1. The van der Waals surface area contributed by atoms with Crippen LogP contribution in [0.25, 0.3) is 0 Å². The Morgan fingerprint density at radius 2 is 1.53 bits per heavy atom. The highest BCUT2D eigenvalue weighted by Crippen LogP contribution is 2.29. The number of alkyl halides is 3. The number of halogens is 3. The maximum atomic E-state index is 12.7. The van der Waals surface area contributed by atoms with Gasteiger partial charge in [-0.2, -0.15) is 13.2 Å². The van der Waals surface area contributed by atoms with Crippen molar-refractivity contribution in [2.45, 2.75) is 51.4 Å². The van der Waals surface area contributed by atoms with Crippen LogP contribution in [0, 0.1) is 0 Å². The molecule has 0 aliphatic rings. The van der Waals surface area contributed by atoms with E-state index < -0.39 is 18.3 Å². The summed E-state index contributed by atoms with van der Waals surface area (Å²) in [4.78, 5) is 0. The van der Waals surface area contributed by atoms with Crippen molar-refractivity contribution in [2.75, 3.05) is 0 Å². The molecule has 2 nitrogen and oxygen atoms in total. The van der Waals surface area contributed by atoms with Gasteiger partial charge < -0.3 is 10.5 Å². The van der Waals surface area contributed by atoms with Crippen molar-refractivity contribution >= 4 is 0 Å². The molecule has 0 aliphatic carbocycles. The van der Waals surface area contributed by atoms with Gasteiger partial charge in [0.05, 0.1) is 0 Å². The number of hydrogen-bond acceptors (Lipinski definition) is 2. The molecule has 0 fully saturated rings. The first-order chi connectivity index (χ1) is 8.51. The van der Waals surface area contributed by atoms with Crippen molar-refractivity contribution in [3.8, 4) is 5.75 Å². The van der Waals surface area contributed by atoms with Crippen molar-refractivity contribution in [3.63, 3.8) is 0 Å². The van der Waals surface area contributed by atoms with E-state index >= 15 is 0 Å². The summed E-state index contributed by atoms with van der Waals surface area (Å²) in [7, 11) is 0. The maximum absolute atomic E-state index is 12.7. The Kier molecular flexibility index (Phi) is 4.50. The van der Waals surface area contributed by atoms with Crippen LogP contribution in [-0.2, 0) is 5.41 Å². The molecule has 1 rings (SSSR count). The molecular weight excluding hydrogens is 255 g/mol. The molecule has 19 heavy (non-hydrogen) atoms. The number of ether oxygens (including phenoxy) is 1. The predicted molar refractivity (Wildman–Crippen MR) is 69.3 cm³/mol. The minimum Gasteiger partial charge on any atom is -0.479 e. The first-order valence-electron chi connectivity index (χ1n) is 6.11. The van der Waals surface area contributed by atoms with Crippen LogP contribution in [0.1, 0.15) is 33.3 Å². The van der Waals surface area contributed by atoms with E-state index in [9.17, 15) is 13.2 Å². The fraction of sp³-hybridized carbons (Fsp3) is 0.571. The van der Waals surface area contributed by atoms with E-state index in [1.807, 2.05) is 20.8 Å². The predicted octanol–water partition coefficient (Wildman–Crippen LogP) is 3.64. The van der Waals surface area contributed by atoms with Gasteiger partial charge in [0.2, 0.25) is 6.10 Å². The van der Waals surface area contributed by atoms with E-state index in [-0.39, 0.29) is 11.2 Å². The van der Waals surface area contributed by atoms with E-state index in [0.717, 1.165) is 5.56 Å². The minimum absolute atomic E-state index is 0.0525. The minimum atomic E-state index is -4.48. The van der Waals surface area contributed by atoms with E-state index in [2.05, 4.69) is 0 Å². The molecule has 5 heteroatoms. The zero-order chi connectivity index (χ0) is 14.8. The highest BCUT2D eigenvalue weighted by molar-refractivity contribution is 5.31. The second-order valence-electron chi connectivity index (χ2n) is 5.71. The molecule has 0 heterocycles. The number of benzene rings is 1. The van der Waals surface area contributed by atoms with Gasteiger partial charge in [0.25, 0.3) is 0 Å². The van der Waals surface area contributed by atoms with Crippen LogP contribution in [0.2, 0.25) is 0 Å². The van der Waals surface area contributed by atoms with Crippen molar-refractivity contribution in [1.29, 1.82) is 0 Å². The van der Waals surface area contributed by atoms with Crippen LogP contribution >= 0.6 is 0 Å². The molecule has 1 aromatic rings. The van der Waals surface area contributed by atoms with E-state index in [4.69, 9.17) is 10.5 Å². The number of nitrogens with two attached hydrogens (primary N) is 1. The molecule has 0 bridgehead atoms. The standard InChI is InChI=1S/C14H20F3NO/c1-9(18)12(14(15,16)17)19-11-7-5-10(6-8-11)13(2,3)4/h5-9,12H,18H2,1-4H3. The average molecular weight is 275 g/mol. The van der Waals surface area contributed by atoms with E-state index in [1.54, 1.807) is 24.3 Å². The summed E-state index contributed by atoms with van der Waals surface area (Å²) in [5.74, 6) is 0.174. The first kappa shape index (κ1) is 15.8. The molecule has 108 valence electrons. The van der Waals surface area contributed by atoms with Crippen molar-refractivity contribution in [3.05, 3.63) is 29.8 Å². The Morgan fingerprint density at radius 1 is 1.05 bits per heavy atom. The van der Waals surface area contributed by atoms with Gasteiger partial charge in [-0.15, -0.1) is 0 Å². The van der Waals surface area contributed by atoms with Gasteiger partial charge in [-0.1, -0.05) is 32.9 Å². The van der Waals surface area contributed by atoms with Crippen molar-refractivity contribution in [2.24, 2.45) is 5.73 Å². The SMILES string of the molecule is CC(N)C(Oc1ccc(C(C)(C)C)cc1)C(F)(F)F. The Hall–Kier alpha value is -1.23. The number of rotatable bonds is 3. The molecule has 2 atom stereocenters. The summed E-state index contributed by atoms with van der Waals surface area (Å²) in [5.41, 5.74) is 6.30. The van der Waals surface area contributed by atoms with Gasteiger partial charge in [0.1, 0.15) is 5.75 Å². The third kappa shape index (κ3) is 4.42. The summed E-state index contributed by atoms with van der Waals surface area (Å²) < 4.78 is 43.1. The Balaban J connectivity index is 2.88. The fourth-order valence-electron chi connectivity index (χ4n) is 1.65. The molecule has 0 aliphatic heterocycles. The lowest BCUT2D eigenvalue weighted by Gasteiger charge is -2.25. The molecule has 0 amide bonds. The quantitative estimate of drug-likeness (QED) is 0.914. The monoisotopic (exact) mass is 275 g/mol. The van der Waals surface area contributed by atoms with E-state index in [0.29, 0.717) is 0 Å². The molecule has 0 saturated carbocycles. The van der Waals surface area contributed by atoms with Gasteiger partial charge in [0.15, 0.2) is 0 Å². The van der Waals surface area contributed by atoms with Crippen LogP contribution in [0.5, 0.6) is 5.75 Å². The van der Waals surface area contributed by atoms with Crippen LogP contribution in [0.4, 0.5) is 13.2 Å². The lowest BCUT2D eigenvalue weighted by Crippen LogP contribution is -2.47. The van der Waals surface area contributed by atoms with Gasteiger partial charge >= 0.3 is 6.18 Å². The summed E-state index contributed by atoms with van der Waals surface area (Å²) in [5, 5.41) is 0. The smallest absolute Gasteiger partial charge is 0.426 e. The molecule has 2 N–H and O–H groups in total. The van der Waals surface area contributed by atoms with Crippen LogP contribution in [0.15, 0.2) is 24.3 Å². The zero-order valence-electron chi connectivity index (χ0n) is 11.6. The van der Waals surface area contributed by atoms with Gasteiger partial charge in [-0.3, -0.25) is 0 Å². The van der Waals surface area contributed by atoms with Gasteiger partial charge in [0, 0.05) is 6.04 Å². The Bertz CT molecular complexity index is 404. The first-order valence-corrected chi connectivity index (χ1v) is 6.11. The summed E-state index contributed by atoms with van der Waals surface area (Å²) in [6.45, 7) is 7.37. The molecule has 0 spiro atoms. The fourth-order valence-corrected chi connectivity index (χ4v) is 1.65. The second-order valence-corrected chi connectivity index (χ2v) is 5.71. The molecule has 0 radical (unpaired) electrons. The maximum Gasteiger partial charge on any atom is 0.426 e. The highest BCUT2D eigenvalue weighted by Gasteiger charge is 2.44. The summed E-state index contributed by atoms with van der Waals surface area (Å²) >= 11 is 0.